The van der Waals surface area contributed by atoms with Crippen LogP contribution >= 0.6 is 0 Å². The van der Waals surface area contributed by atoms with Gasteiger partial charge >= 0.3 is 0 Å². The highest BCUT2D eigenvalue weighted by Crippen LogP contribution is 2.28. The van der Waals surface area contributed by atoms with Gasteiger partial charge in [-0.05, 0) is 25.7 Å². The minimum Gasteiger partial charge on any atom is -0.374 e. The van der Waals surface area contributed by atoms with Gasteiger partial charge in [0, 0.05) is 13.7 Å². The molecule has 88 valence electrons. The first-order chi connectivity index (χ1) is 7.29. The van der Waals surface area contributed by atoms with Crippen LogP contribution in [0.1, 0.15) is 39.0 Å². The Balaban J connectivity index is 2.41. The lowest BCUT2D eigenvalue weighted by Crippen LogP contribution is -2.35. The Morgan fingerprint density at radius 1 is 1.33 bits per heavy atom. The zero-order valence-corrected chi connectivity index (χ0v) is 9.83. The number of carbonyl (C=O) groups is 1. The Labute approximate surface area is 92.1 Å². The van der Waals surface area contributed by atoms with Crippen LogP contribution < -0.4 is 0 Å². The number of ether oxygens (including phenoxy) is 2. The minimum atomic E-state index is -0.239. The van der Waals surface area contributed by atoms with Gasteiger partial charge in [0.1, 0.15) is 12.7 Å². The molecule has 0 N–H and O–H groups in total. The van der Waals surface area contributed by atoms with Crippen LogP contribution in [0.4, 0.5) is 0 Å². The third-order valence-corrected chi connectivity index (χ3v) is 3.10. The van der Waals surface area contributed by atoms with Crippen molar-refractivity contribution < 1.29 is 14.3 Å². The summed E-state index contributed by atoms with van der Waals surface area (Å²) in [5, 5.41) is 0. The molecule has 0 heterocycles. The van der Waals surface area contributed by atoms with Gasteiger partial charge in [-0.15, -0.1) is 0 Å². The zero-order valence-electron chi connectivity index (χ0n) is 9.83. The number of methoxy groups -OCH3 is 1. The maximum Gasteiger partial charge on any atom is 0.187 e. The molecule has 0 aliphatic heterocycles. The number of hydrogen-bond donors (Lipinski definition) is 0. The predicted octanol–water partition coefficient (Wildman–Crippen LogP) is 2.19. The lowest BCUT2D eigenvalue weighted by Gasteiger charge is -2.28. The van der Waals surface area contributed by atoms with Crippen LogP contribution in [0.15, 0.2) is 0 Å². The Morgan fingerprint density at radius 3 is 2.53 bits per heavy atom. The average Bonchev–Trinajstić information content (AvgIpc) is 2.29. The number of Topliss-reactive ketones (excluding diaryl/α,β-unsaturated/α-hetero) is 1. The minimum absolute atomic E-state index is 0.103. The van der Waals surface area contributed by atoms with Crippen LogP contribution in [-0.4, -0.2) is 32.2 Å². The molecule has 0 radical (unpaired) electrons. The third kappa shape index (κ3) is 3.92. The SMILES string of the molecule is CCOCC(=O)C(OC)C1CCCCC1. The Morgan fingerprint density at radius 2 is 2.00 bits per heavy atom. The number of hydrogen-bond acceptors (Lipinski definition) is 3. The molecule has 0 aromatic rings. The predicted molar refractivity (Wildman–Crippen MR) is 58.9 cm³/mol. The fraction of sp³-hybridized carbons (Fsp3) is 0.917. The fourth-order valence-electron chi connectivity index (χ4n) is 2.31. The first-order valence-electron chi connectivity index (χ1n) is 5.92. The summed E-state index contributed by atoms with van der Waals surface area (Å²) in [7, 11) is 1.63. The van der Waals surface area contributed by atoms with Gasteiger partial charge in [-0.3, -0.25) is 4.79 Å². The molecule has 15 heavy (non-hydrogen) atoms. The molecule has 0 aromatic heterocycles. The second-order valence-electron chi connectivity index (χ2n) is 4.16. The van der Waals surface area contributed by atoms with Gasteiger partial charge in [-0.2, -0.15) is 0 Å². The first kappa shape index (κ1) is 12.7. The average molecular weight is 214 g/mol. The summed E-state index contributed by atoms with van der Waals surface area (Å²) in [6, 6.07) is 0. The largest absolute Gasteiger partial charge is 0.374 e. The molecule has 0 aromatic carbocycles. The van der Waals surface area contributed by atoms with E-state index in [-0.39, 0.29) is 18.5 Å². The fourth-order valence-corrected chi connectivity index (χ4v) is 2.31. The smallest absolute Gasteiger partial charge is 0.187 e. The van der Waals surface area contributed by atoms with Crippen LogP contribution in [0.3, 0.4) is 0 Å². The normalized spacial score (nSPS) is 20.1. The van der Waals surface area contributed by atoms with Crippen molar-refractivity contribution in [2.24, 2.45) is 5.92 Å². The van der Waals surface area contributed by atoms with Gasteiger partial charge in [-0.25, -0.2) is 0 Å². The zero-order chi connectivity index (χ0) is 11.1. The van der Waals surface area contributed by atoms with Crippen LogP contribution in [0.2, 0.25) is 0 Å². The van der Waals surface area contributed by atoms with Crippen LogP contribution in [-0.2, 0) is 14.3 Å². The molecule has 1 unspecified atom stereocenters. The van der Waals surface area contributed by atoms with E-state index in [1.165, 1.54) is 19.3 Å². The summed E-state index contributed by atoms with van der Waals surface area (Å²) >= 11 is 0. The van der Waals surface area contributed by atoms with E-state index in [2.05, 4.69) is 0 Å². The quantitative estimate of drug-likeness (QED) is 0.680. The van der Waals surface area contributed by atoms with Gasteiger partial charge in [0.2, 0.25) is 0 Å². The highest BCUT2D eigenvalue weighted by Gasteiger charge is 2.28. The van der Waals surface area contributed by atoms with Gasteiger partial charge < -0.3 is 9.47 Å². The molecular formula is C12H22O3. The number of ketones is 1. The first-order valence-corrected chi connectivity index (χ1v) is 5.92. The maximum absolute atomic E-state index is 11.8. The number of carbonyl (C=O) groups excluding carboxylic acids is 1. The number of rotatable bonds is 6. The molecule has 3 nitrogen and oxygen atoms in total. The van der Waals surface area contributed by atoms with E-state index < -0.39 is 0 Å². The summed E-state index contributed by atoms with van der Waals surface area (Å²) in [6.45, 7) is 2.69. The molecular weight excluding hydrogens is 192 g/mol. The van der Waals surface area contributed by atoms with E-state index in [9.17, 15) is 4.79 Å². The molecule has 3 heteroatoms. The van der Waals surface area contributed by atoms with Crippen molar-refractivity contribution >= 4 is 5.78 Å². The highest BCUT2D eigenvalue weighted by atomic mass is 16.5. The van der Waals surface area contributed by atoms with E-state index in [0.29, 0.717) is 12.5 Å². The van der Waals surface area contributed by atoms with Crippen molar-refractivity contribution in [3.63, 3.8) is 0 Å². The molecule has 0 bridgehead atoms. The summed E-state index contributed by atoms with van der Waals surface area (Å²) < 4.78 is 10.5. The van der Waals surface area contributed by atoms with Crippen molar-refractivity contribution in [3.8, 4) is 0 Å². The highest BCUT2D eigenvalue weighted by molar-refractivity contribution is 5.84. The Kier molecular flexibility index (Phi) is 5.88. The van der Waals surface area contributed by atoms with Gasteiger partial charge in [0.05, 0.1) is 0 Å². The summed E-state index contributed by atoms with van der Waals surface area (Å²) in [5.74, 6) is 0.517. The lowest BCUT2D eigenvalue weighted by molar-refractivity contribution is -0.137. The van der Waals surface area contributed by atoms with Crippen molar-refractivity contribution in [2.45, 2.75) is 45.1 Å². The third-order valence-electron chi connectivity index (χ3n) is 3.10. The second-order valence-corrected chi connectivity index (χ2v) is 4.16. The topological polar surface area (TPSA) is 35.5 Å². The van der Waals surface area contributed by atoms with E-state index >= 15 is 0 Å². The molecule has 1 aliphatic carbocycles. The van der Waals surface area contributed by atoms with Crippen molar-refractivity contribution in [3.05, 3.63) is 0 Å². The van der Waals surface area contributed by atoms with Crippen LogP contribution in [0.5, 0.6) is 0 Å². The molecule has 0 spiro atoms. The van der Waals surface area contributed by atoms with Crippen molar-refractivity contribution in [1.29, 1.82) is 0 Å². The van der Waals surface area contributed by atoms with E-state index in [1.807, 2.05) is 6.92 Å². The molecule has 0 amide bonds. The van der Waals surface area contributed by atoms with E-state index in [0.717, 1.165) is 12.8 Å². The maximum atomic E-state index is 11.8. The monoisotopic (exact) mass is 214 g/mol. The molecule has 1 rings (SSSR count). The van der Waals surface area contributed by atoms with Crippen molar-refractivity contribution in [1.82, 2.24) is 0 Å². The van der Waals surface area contributed by atoms with Gasteiger partial charge in [-0.1, -0.05) is 19.3 Å². The Hall–Kier alpha value is -0.410. The van der Waals surface area contributed by atoms with E-state index in [4.69, 9.17) is 9.47 Å². The van der Waals surface area contributed by atoms with Crippen molar-refractivity contribution in [2.75, 3.05) is 20.3 Å². The molecule has 1 atom stereocenters. The molecule has 1 saturated carbocycles. The molecule has 0 saturated heterocycles. The summed E-state index contributed by atoms with van der Waals surface area (Å²) in [6.07, 6.45) is 5.76. The van der Waals surface area contributed by atoms with Gasteiger partial charge in [0.15, 0.2) is 5.78 Å². The Bertz CT molecular complexity index is 185. The van der Waals surface area contributed by atoms with E-state index in [1.54, 1.807) is 7.11 Å². The summed E-state index contributed by atoms with van der Waals surface area (Å²) in [4.78, 5) is 11.8. The van der Waals surface area contributed by atoms with Crippen LogP contribution in [0.25, 0.3) is 0 Å². The van der Waals surface area contributed by atoms with Crippen LogP contribution in [0, 0.1) is 5.92 Å². The molecule has 1 aliphatic rings. The lowest BCUT2D eigenvalue weighted by atomic mass is 9.84. The molecule has 1 fully saturated rings. The van der Waals surface area contributed by atoms with Gasteiger partial charge in [0.25, 0.3) is 0 Å². The summed E-state index contributed by atoms with van der Waals surface area (Å²) in [5.41, 5.74) is 0. The standard InChI is InChI=1S/C12H22O3/c1-3-15-9-11(13)12(14-2)10-7-5-4-6-8-10/h10,12H,3-9H2,1-2H3. The second kappa shape index (κ2) is 6.96.